The number of benzene rings is 2. The molecule has 6 aliphatic carbocycles. The van der Waals surface area contributed by atoms with E-state index < -0.39 is 115 Å². The summed E-state index contributed by atoms with van der Waals surface area (Å²) in [7, 11) is 2.54. The fourth-order valence-electron chi connectivity index (χ4n) is 9.42. The van der Waals surface area contributed by atoms with Gasteiger partial charge in [-0.3, -0.25) is 19.2 Å². The molecule has 0 amide bonds. The number of aromatic hydroxyl groups is 2. The Kier molecular flexibility index (Phi) is 4.30. The Morgan fingerprint density at radius 1 is 0.619 bits per heavy atom. The Morgan fingerprint density at radius 2 is 0.976 bits per heavy atom. The summed E-state index contributed by atoms with van der Waals surface area (Å²) in [4.78, 5) is 57.5. The Morgan fingerprint density at radius 3 is 1.31 bits per heavy atom. The molecule has 42 heavy (non-hydrogen) atoms. The number of carbonyl (C=O) groups excluding carboxylic acids is 4. The van der Waals surface area contributed by atoms with Gasteiger partial charge in [-0.05, 0) is 12.1 Å². The minimum Gasteiger partial charge on any atom is -0.511 e. The van der Waals surface area contributed by atoms with Crippen molar-refractivity contribution in [2.45, 2.75) is 12.2 Å². The number of phenolic OH excluding ortho intramolecular Hbond substituents is 2. The van der Waals surface area contributed by atoms with E-state index in [1.54, 1.807) is 0 Å². The molecule has 2 saturated carbocycles. The number of phenols is 2. The van der Waals surface area contributed by atoms with Crippen LogP contribution in [-0.4, -0.2) is 80.2 Å². The van der Waals surface area contributed by atoms with Gasteiger partial charge < -0.3 is 40.1 Å². The van der Waals surface area contributed by atoms with E-state index in [-0.39, 0.29) is 22.6 Å². The van der Waals surface area contributed by atoms with E-state index in [0.29, 0.717) is 0 Å². The third kappa shape index (κ3) is 2.14. The van der Waals surface area contributed by atoms with E-state index >= 15 is 0 Å². The van der Waals surface area contributed by atoms with Crippen LogP contribution in [0.3, 0.4) is 0 Å². The lowest BCUT2D eigenvalue weighted by Crippen LogP contribution is -2.61. The van der Waals surface area contributed by atoms with Crippen LogP contribution < -0.4 is 9.47 Å². The molecule has 0 saturated heterocycles. The Balaban J connectivity index is 1.52. The van der Waals surface area contributed by atoms with Crippen LogP contribution in [0.2, 0.25) is 0 Å². The average molecular weight is 574 g/mol. The molecule has 0 aromatic heterocycles. The van der Waals surface area contributed by atoms with Gasteiger partial charge in [-0.2, -0.15) is 0 Å². The van der Waals surface area contributed by atoms with Crippen LogP contribution in [0.1, 0.15) is 41.4 Å². The number of aliphatic hydroxyl groups excluding tert-OH is 4. The molecule has 12 nitrogen and oxygen atoms in total. The minimum absolute atomic E-state index is 0.0144. The molecule has 0 heterocycles. The van der Waals surface area contributed by atoms with E-state index in [2.05, 4.69) is 0 Å². The lowest BCUT2D eigenvalue weighted by Gasteiger charge is -2.53. The predicted octanol–water partition coefficient (Wildman–Crippen LogP) is 1.41. The molecule has 12 heteroatoms. The summed E-state index contributed by atoms with van der Waals surface area (Å²) < 4.78 is 10.3. The quantitative estimate of drug-likeness (QED) is 0.301. The number of fused-ring (bicyclic) bond motifs is 4. The molecule has 6 N–H and O–H groups in total. The first-order chi connectivity index (χ1) is 19.9. The molecule has 6 unspecified atom stereocenters. The van der Waals surface area contributed by atoms with Gasteiger partial charge in [-0.25, -0.2) is 0 Å². The molecule has 8 atom stereocenters. The van der Waals surface area contributed by atoms with Gasteiger partial charge in [0.05, 0.1) is 71.4 Å². The van der Waals surface area contributed by atoms with E-state index in [4.69, 9.17) is 9.47 Å². The zero-order valence-corrected chi connectivity index (χ0v) is 21.9. The normalized spacial score (nSPS) is 36.7. The van der Waals surface area contributed by atoms with Crippen molar-refractivity contribution in [2.24, 2.45) is 34.5 Å². The van der Waals surface area contributed by atoms with Crippen LogP contribution in [0.5, 0.6) is 23.0 Å². The average Bonchev–Trinajstić information content (AvgIpc) is 3.31. The van der Waals surface area contributed by atoms with Crippen LogP contribution in [-0.2, 0) is 0 Å². The first-order valence-corrected chi connectivity index (χ1v) is 13.2. The summed E-state index contributed by atoms with van der Waals surface area (Å²) in [5.74, 6) is -12.9. The topological polar surface area (TPSA) is 208 Å². The number of hydrogen-bond acceptors (Lipinski definition) is 12. The van der Waals surface area contributed by atoms with Gasteiger partial charge in [-0.15, -0.1) is 0 Å². The van der Waals surface area contributed by atoms with Crippen LogP contribution >= 0.6 is 0 Å². The summed E-state index contributed by atoms with van der Waals surface area (Å²) in [6.07, 6.45) is -3.42. The molecule has 8 rings (SSSR count). The van der Waals surface area contributed by atoms with Crippen molar-refractivity contribution in [3.05, 3.63) is 69.2 Å². The molecule has 0 radical (unpaired) electrons. The number of rotatable bonds is 2. The summed E-state index contributed by atoms with van der Waals surface area (Å²) >= 11 is 0. The number of ether oxygens (including phenoxy) is 2. The standard InChI is InChI=1S/C30H22O12/c1-41-7-3-9-13(11(31)5-7)21(33)17-25(37)20-23(35)15-16-24(36)19(29(15,17)27(9)39)26(38)18-22(34)14-10(28(40)30(16,18)20)4-8(42-2)6-12(14)32/h3-6,15-16,19-20,23-24,31-32,35-38H,1-2H3/t15?,16?,19?,20?,23-,24-,29?,30?/m0/s1. The lowest BCUT2D eigenvalue weighted by molar-refractivity contribution is -0.0303. The van der Waals surface area contributed by atoms with E-state index in [9.17, 15) is 49.8 Å². The number of allylic oxidation sites excluding steroid dienone is 2. The van der Waals surface area contributed by atoms with Crippen LogP contribution in [0.4, 0.5) is 0 Å². The molecule has 2 spiro atoms. The maximum absolute atomic E-state index is 14.6. The third-order valence-electron chi connectivity index (χ3n) is 10.6. The van der Waals surface area contributed by atoms with Crippen LogP contribution in [0.25, 0.3) is 0 Å². The first kappa shape index (κ1) is 25.1. The molecule has 6 aliphatic rings. The number of hydrogen-bond donors (Lipinski definition) is 6. The molecule has 4 bridgehead atoms. The van der Waals surface area contributed by atoms with E-state index in [1.165, 1.54) is 26.4 Å². The third-order valence-corrected chi connectivity index (χ3v) is 10.6. The highest BCUT2D eigenvalue weighted by molar-refractivity contribution is 6.30. The lowest BCUT2D eigenvalue weighted by atomic mass is 9.48. The van der Waals surface area contributed by atoms with Gasteiger partial charge in [0.25, 0.3) is 0 Å². The molecule has 2 fully saturated rings. The van der Waals surface area contributed by atoms with Crippen molar-refractivity contribution in [3.63, 3.8) is 0 Å². The molecular weight excluding hydrogens is 552 g/mol. The zero-order chi connectivity index (χ0) is 29.9. The number of ketones is 4. The van der Waals surface area contributed by atoms with Crippen molar-refractivity contribution in [1.29, 1.82) is 0 Å². The summed E-state index contributed by atoms with van der Waals surface area (Å²) in [5.41, 5.74) is -7.22. The van der Waals surface area contributed by atoms with E-state index in [1.807, 2.05) is 0 Å². The van der Waals surface area contributed by atoms with Gasteiger partial charge in [-0.1, -0.05) is 0 Å². The highest BCUT2D eigenvalue weighted by Gasteiger charge is 2.88. The van der Waals surface area contributed by atoms with Crippen molar-refractivity contribution < 1.29 is 59.3 Å². The smallest absolute Gasteiger partial charge is 0.197 e. The fourth-order valence-corrected chi connectivity index (χ4v) is 9.42. The number of aliphatic hydroxyl groups is 4. The van der Waals surface area contributed by atoms with Gasteiger partial charge >= 0.3 is 0 Å². The maximum atomic E-state index is 14.6. The zero-order valence-electron chi connectivity index (χ0n) is 21.9. The van der Waals surface area contributed by atoms with Gasteiger partial charge in [0.1, 0.15) is 34.5 Å². The largest absolute Gasteiger partial charge is 0.511 e. The first-order valence-electron chi connectivity index (χ1n) is 13.2. The summed E-state index contributed by atoms with van der Waals surface area (Å²) in [6, 6.07) is 4.62. The Hall–Kier alpha value is -4.68. The van der Waals surface area contributed by atoms with Crippen molar-refractivity contribution in [3.8, 4) is 23.0 Å². The molecule has 2 aromatic carbocycles. The van der Waals surface area contributed by atoms with Crippen molar-refractivity contribution in [2.75, 3.05) is 14.2 Å². The van der Waals surface area contributed by atoms with Crippen molar-refractivity contribution in [1.82, 2.24) is 0 Å². The van der Waals surface area contributed by atoms with Gasteiger partial charge in [0.2, 0.25) is 0 Å². The molecular formula is C30H22O12. The molecule has 0 aliphatic heterocycles. The fraction of sp³-hybridized carbons (Fsp3) is 0.333. The maximum Gasteiger partial charge on any atom is 0.197 e. The number of carbonyl (C=O) groups is 4. The van der Waals surface area contributed by atoms with Crippen LogP contribution in [0, 0.1) is 34.5 Å². The molecule has 2 aromatic rings. The second-order valence-electron chi connectivity index (χ2n) is 11.7. The number of methoxy groups -OCH3 is 2. The van der Waals surface area contributed by atoms with Gasteiger partial charge in [0.15, 0.2) is 23.1 Å². The second-order valence-corrected chi connectivity index (χ2v) is 11.7. The molecule has 214 valence electrons. The highest BCUT2D eigenvalue weighted by Crippen LogP contribution is 2.80. The predicted molar refractivity (Wildman–Crippen MR) is 137 cm³/mol. The van der Waals surface area contributed by atoms with Gasteiger partial charge in [0, 0.05) is 35.1 Å². The minimum atomic E-state index is -2.29. The highest BCUT2D eigenvalue weighted by atomic mass is 16.5. The van der Waals surface area contributed by atoms with Crippen LogP contribution in [0.15, 0.2) is 46.9 Å². The second kappa shape index (κ2) is 7.20. The monoisotopic (exact) mass is 574 g/mol. The van der Waals surface area contributed by atoms with Crippen molar-refractivity contribution >= 4 is 23.1 Å². The Bertz CT molecular complexity index is 1720. The summed E-state index contributed by atoms with van der Waals surface area (Å²) in [5, 5.41) is 68.7. The SMILES string of the molecule is COc1cc(O)c2c(c1)C(=O)C13C(=C(O)C4[C@@H](O)C1C1[C@H](O)C3C(O)=C3C(=O)c5c(O)cc(OC)cc5C(=O)C341)C2=O. The Labute approximate surface area is 235 Å². The van der Waals surface area contributed by atoms with E-state index in [0.717, 1.165) is 12.1 Å². The number of Topliss-reactive ketones (excluding diaryl/α,β-unsaturated/α-hetero) is 4. The summed E-state index contributed by atoms with van der Waals surface area (Å²) in [6.45, 7) is 0.